The molecule has 2 aromatic heterocycles. The maximum atomic E-state index is 14.1. The van der Waals surface area contributed by atoms with Gasteiger partial charge >= 0.3 is 6.18 Å². The van der Waals surface area contributed by atoms with Crippen LogP contribution in [0.15, 0.2) is 12.1 Å². The molecule has 3 heterocycles. The molecule has 1 aliphatic heterocycles. The Morgan fingerprint density at radius 2 is 1.97 bits per heavy atom. The lowest BCUT2D eigenvalue weighted by molar-refractivity contribution is -0.139. The van der Waals surface area contributed by atoms with Crippen LogP contribution in [0.25, 0.3) is 16.6 Å². The molecule has 1 amide bonds. The summed E-state index contributed by atoms with van der Waals surface area (Å²) in [4.78, 5) is 18.8. The Morgan fingerprint density at radius 1 is 1.27 bits per heavy atom. The maximum Gasteiger partial charge on any atom is 0.434 e. The van der Waals surface area contributed by atoms with E-state index in [0.717, 1.165) is 12.8 Å². The van der Waals surface area contributed by atoms with E-state index >= 15 is 0 Å². The first-order valence-electron chi connectivity index (χ1n) is 10.4. The third-order valence-corrected chi connectivity index (χ3v) is 6.41. The molecule has 1 fully saturated rings. The Kier molecular flexibility index (Phi) is 4.40. The molecule has 5 rings (SSSR count). The Labute approximate surface area is 187 Å². The lowest BCUT2D eigenvalue weighted by Crippen LogP contribution is -2.26. The molecule has 2 N–H and O–H groups in total. The zero-order valence-corrected chi connectivity index (χ0v) is 18.2. The van der Waals surface area contributed by atoms with Crippen LogP contribution in [0.1, 0.15) is 51.3 Å². The van der Waals surface area contributed by atoms with Crippen molar-refractivity contribution in [2.24, 2.45) is 0 Å². The molecule has 170 valence electrons. The molecule has 33 heavy (non-hydrogen) atoms. The number of methoxy groups -OCH3 is 1. The van der Waals surface area contributed by atoms with E-state index in [0.29, 0.717) is 22.6 Å². The van der Waals surface area contributed by atoms with Crippen LogP contribution in [0.4, 0.5) is 19.0 Å². The standard InChI is InChI=1S/C23H20F3N5O2/c1-10-4-7-15(33-3)11(2)18(10)31-19-16(13(8-27)21(31)28)20(23(24,25)26)29-14-9-30(12-5-6-12)22(32)17(14)19/h4,7,12H,5-6,9,28H2,1-3H3. The molecular weight excluding hydrogens is 435 g/mol. The molecule has 2 aliphatic rings. The number of anilines is 1. The SMILES string of the molecule is COc1ccc(C)c(-n2c(N)c(C#N)c3c(C(F)(F)F)nc4c(c32)C(=O)N(C2CC2)C4)c1C. The van der Waals surface area contributed by atoms with Crippen LogP contribution in [0, 0.1) is 25.2 Å². The fraction of sp³-hybridized carbons (Fsp3) is 0.348. The second-order valence-electron chi connectivity index (χ2n) is 8.43. The third kappa shape index (κ3) is 2.88. The second kappa shape index (κ2) is 6.88. The van der Waals surface area contributed by atoms with Crippen molar-refractivity contribution in [2.75, 3.05) is 12.8 Å². The third-order valence-electron chi connectivity index (χ3n) is 6.41. The molecule has 0 bridgehead atoms. The van der Waals surface area contributed by atoms with E-state index in [2.05, 4.69) is 4.98 Å². The normalized spacial score (nSPS) is 15.8. The van der Waals surface area contributed by atoms with Gasteiger partial charge in [0.15, 0.2) is 5.69 Å². The molecule has 7 nitrogen and oxygen atoms in total. The van der Waals surface area contributed by atoms with Crippen LogP contribution in [0.2, 0.25) is 0 Å². The first-order valence-corrected chi connectivity index (χ1v) is 10.4. The Morgan fingerprint density at radius 3 is 2.55 bits per heavy atom. The summed E-state index contributed by atoms with van der Waals surface area (Å²) in [6, 6.07) is 5.31. The summed E-state index contributed by atoms with van der Waals surface area (Å²) < 4.78 is 49.2. The number of rotatable bonds is 3. The monoisotopic (exact) mass is 455 g/mol. The number of nitrogens with two attached hydrogens (primary N) is 1. The zero-order valence-electron chi connectivity index (χ0n) is 18.2. The summed E-state index contributed by atoms with van der Waals surface area (Å²) >= 11 is 0. The van der Waals surface area contributed by atoms with Crippen molar-refractivity contribution >= 4 is 22.6 Å². The van der Waals surface area contributed by atoms with Crippen LogP contribution >= 0.6 is 0 Å². The molecule has 0 saturated heterocycles. The molecule has 0 unspecified atom stereocenters. The summed E-state index contributed by atoms with van der Waals surface area (Å²) in [5.74, 6) is -0.0615. The number of alkyl halides is 3. The van der Waals surface area contributed by atoms with Gasteiger partial charge in [-0.25, -0.2) is 4.98 Å². The average Bonchev–Trinajstić information content (AvgIpc) is 3.48. The average molecular weight is 455 g/mol. The number of benzene rings is 1. The van der Waals surface area contributed by atoms with Crippen molar-refractivity contribution in [1.82, 2.24) is 14.5 Å². The van der Waals surface area contributed by atoms with Gasteiger partial charge in [0, 0.05) is 11.6 Å². The Bertz CT molecular complexity index is 1400. The van der Waals surface area contributed by atoms with E-state index in [1.807, 2.05) is 6.07 Å². The lowest BCUT2D eigenvalue weighted by atomic mass is 10.0. The minimum absolute atomic E-state index is 0.000893. The van der Waals surface area contributed by atoms with Crippen molar-refractivity contribution in [3.63, 3.8) is 0 Å². The number of hydrogen-bond acceptors (Lipinski definition) is 5. The number of fused-ring (bicyclic) bond motifs is 3. The first kappa shape index (κ1) is 21.1. The van der Waals surface area contributed by atoms with Crippen molar-refractivity contribution < 1.29 is 22.7 Å². The zero-order chi connectivity index (χ0) is 23.8. The number of nitrogen functional groups attached to an aromatic ring is 1. The van der Waals surface area contributed by atoms with Crippen LogP contribution in [-0.4, -0.2) is 33.5 Å². The van der Waals surface area contributed by atoms with Gasteiger partial charge in [0.2, 0.25) is 0 Å². The number of halogens is 3. The highest BCUT2D eigenvalue weighted by molar-refractivity contribution is 6.12. The fourth-order valence-electron chi connectivity index (χ4n) is 4.77. The molecule has 3 aromatic rings. The highest BCUT2D eigenvalue weighted by Gasteiger charge is 2.45. The summed E-state index contributed by atoms with van der Waals surface area (Å²) in [6.07, 6.45) is -3.24. The molecule has 1 saturated carbocycles. The van der Waals surface area contributed by atoms with E-state index in [4.69, 9.17) is 10.5 Å². The quantitative estimate of drug-likeness (QED) is 0.637. The molecule has 0 radical (unpaired) electrons. The van der Waals surface area contributed by atoms with Gasteiger partial charge in [0.25, 0.3) is 5.91 Å². The van der Waals surface area contributed by atoms with Crippen LogP contribution in [0.5, 0.6) is 5.75 Å². The molecule has 1 aliphatic carbocycles. The van der Waals surface area contributed by atoms with E-state index in [9.17, 15) is 23.2 Å². The summed E-state index contributed by atoms with van der Waals surface area (Å²) in [7, 11) is 1.49. The summed E-state index contributed by atoms with van der Waals surface area (Å²) in [5.41, 5.74) is 6.64. The molecular formula is C23H20F3N5O2. The highest BCUT2D eigenvalue weighted by Crippen LogP contribution is 2.46. The largest absolute Gasteiger partial charge is 0.496 e. The number of nitriles is 1. The van der Waals surface area contributed by atoms with E-state index in [1.165, 1.54) is 11.7 Å². The predicted octanol–water partition coefficient (Wildman–Crippen LogP) is 4.24. The topological polar surface area (TPSA) is 97.2 Å². The minimum Gasteiger partial charge on any atom is -0.496 e. The van der Waals surface area contributed by atoms with Gasteiger partial charge in [-0.3, -0.25) is 9.36 Å². The predicted molar refractivity (Wildman–Crippen MR) is 114 cm³/mol. The number of pyridine rings is 1. The first-order chi connectivity index (χ1) is 15.6. The number of carbonyl (C=O) groups is 1. The van der Waals surface area contributed by atoms with Crippen molar-refractivity contribution in [3.05, 3.63) is 45.8 Å². The van der Waals surface area contributed by atoms with Crippen molar-refractivity contribution in [1.29, 1.82) is 5.26 Å². The van der Waals surface area contributed by atoms with E-state index in [-0.39, 0.29) is 46.6 Å². The van der Waals surface area contributed by atoms with Gasteiger partial charge in [0.1, 0.15) is 23.2 Å². The van der Waals surface area contributed by atoms with Gasteiger partial charge in [-0.05, 0) is 38.3 Å². The number of aromatic nitrogens is 2. The molecule has 1 aromatic carbocycles. The van der Waals surface area contributed by atoms with Crippen LogP contribution < -0.4 is 10.5 Å². The maximum absolute atomic E-state index is 14.1. The number of carbonyl (C=O) groups excluding carboxylic acids is 1. The summed E-state index contributed by atoms with van der Waals surface area (Å²) in [5, 5.41) is 9.36. The summed E-state index contributed by atoms with van der Waals surface area (Å²) in [6.45, 7) is 3.54. The molecule has 0 spiro atoms. The minimum atomic E-state index is -4.84. The lowest BCUT2D eigenvalue weighted by Gasteiger charge is -2.18. The molecule has 10 heteroatoms. The van der Waals surface area contributed by atoms with Gasteiger partial charge in [-0.1, -0.05) is 6.07 Å². The van der Waals surface area contributed by atoms with Gasteiger partial charge in [-0.15, -0.1) is 0 Å². The van der Waals surface area contributed by atoms with Crippen molar-refractivity contribution in [2.45, 2.75) is 45.5 Å². The number of aryl methyl sites for hydroxylation is 1. The van der Waals surface area contributed by atoms with Gasteiger partial charge in [-0.2, -0.15) is 18.4 Å². The van der Waals surface area contributed by atoms with E-state index < -0.39 is 17.3 Å². The second-order valence-corrected chi connectivity index (χ2v) is 8.43. The smallest absolute Gasteiger partial charge is 0.434 e. The van der Waals surface area contributed by atoms with Gasteiger partial charge in [0.05, 0.1) is 41.5 Å². The fourth-order valence-corrected chi connectivity index (χ4v) is 4.77. The Balaban J connectivity index is 1.98. The highest BCUT2D eigenvalue weighted by atomic mass is 19.4. The molecule has 0 atom stereocenters. The van der Waals surface area contributed by atoms with Gasteiger partial charge < -0.3 is 15.4 Å². The van der Waals surface area contributed by atoms with Crippen molar-refractivity contribution in [3.8, 4) is 17.5 Å². The number of hydrogen-bond donors (Lipinski definition) is 1. The number of nitrogens with zero attached hydrogens (tertiary/aromatic N) is 4. The Hall–Kier alpha value is -3.74. The van der Waals surface area contributed by atoms with E-state index in [1.54, 1.807) is 30.9 Å². The van der Waals surface area contributed by atoms with Crippen LogP contribution in [0.3, 0.4) is 0 Å². The van der Waals surface area contributed by atoms with Crippen LogP contribution in [-0.2, 0) is 12.7 Å². The number of ether oxygens (including phenoxy) is 1. The number of amides is 1.